The van der Waals surface area contributed by atoms with Crippen molar-refractivity contribution in [2.75, 3.05) is 20.3 Å². The van der Waals surface area contributed by atoms with Gasteiger partial charge >= 0.3 is 11.9 Å². The number of hydrogen-bond acceptors (Lipinski definition) is 5. The van der Waals surface area contributed by atoms with E-state index in [0.717, 1.165) is 12.8 Å². The van der Waals surface area contributed by atoms with Gasteiger partial charge in [-0.2, -0.15) is 0 Å². The summed E-state index contributed by atoms with van der Waals surface area (Å²) in [6.07, 6.45) is 5.14. The third-order valence-corrected chi connectivity index (χ3v) is 3.64. The Morgan fingerprint density at radius 3 is 2.65 bits per heavy atom. The lowest BCUT2D eigenvalue weighted by molar-refractivity contribution is -0.147. The normalized spacial score (nSPS) is 25.3. The SMILES string of the molecule is COC(=O)CN(C1CCCC1)C1CCOC1=O. The first-order valence-corrected chi connectivity index (χ1v) is 6.21. The first-order chi connectivity index (χ1) is 8.22. The minimum Gasteiger partial charge on any atom is -0.468 e. The number of hydrogen-bond donors (Lipinski definition) is 0. The van der Waals surface area contributed by atoms with Gasteiger partial charge in [0.1, 0.15) is 6.04 Å². The standard InChI is InChI=1S/C12H19NO4/c1-16-11(14)8-13(9-4-2-3-5-9)10-6-7-17-12(10)15/h9-10H,2-8H2,1H3. The predicted molar refractivity (Wildman–Crippen MR) is 60.3 cm³/mol. The summed E-state index contributed by atoms with van der Waals surface area (Å²) in [4.78, 5) is 25.0. The largest absolute Gasteiger partial charge is 0.468 e. The molecule has 2 fully saturated rings. The number of methoxy groups -OCH3 is 1. The zero-order valence-corrected chi connectivity index (χ0v) is 10.2. The van der Waals surface area contributed by atoms with Crippen LogP contribution in [0.25, 0.3) is 0 Å². The van der Waals surface area contributed by atoms with Crippen LogP contribution in [0.1, 0.15) is 32.1 Å². The second kappa shape index (κ2) is 5.49. The molecular weight excluding hydrogens is 222 g/mol. The first kappa shape index (κ1) is 12.4. The summed E-state index contributed by atoms with van der Waals surface area (Å²) < 4.78 is 9.69. The summed E-state index contributed by atoms with van der Waals surface area (Å²) >= 11 is 0. The number of esters is 2. The molecule has 17 heavy (non-hydrogen) atoms. The van der Waals surface area contributed by atoms with Crippen molar-refractivity contribution in [3.63, 3.8) is 0 Å². The number of carbonyl (C=O) groups is 2. The Bertz CT molecular complexity index is 299. The highest BCUT2D eigenvalue weighted by molar-refractivity contribution is 5.79. The Morgan fingerprint density at radius 1 is 1.41 bits per heavy atom. The van der Waals surface area contributed by atoms with Gasteiger partial charge < -0.3 is 9.47 Å². The molecule has 96 valence electrons. The zero-order valence-electron chi connectivity index (χ0n) is 10.2. The lowest BCUT2D eigenvalue weighted by atomic mass is 10.1. The lowest BCUT2D eigenvalue weighted by Gasteiger charge is -2.30. The number of nitrogens with zero attached hydrogens (tertiary/aromatic N) is 1. The molecule has 0 radical (unpaired) electrons. The van der Waals surface area contributed by atoms with Crippen molar-refractivity contribution in [2.24, 2.45) is 0 Å². The van der Waals surface area contributed by atoms with E-state index in [9.17, 15) is 9.59 Å². The fourth-order valence-corrected chi connectivity index (χ4v) is 2.73. The highest BCUT2D eigenvalue weighted by Gasteiger charge is 2.38. The first-order valence-electron chi connectivity index (χ1n) is 6.21. The fraction of sp³-hybridized carbons (Fsp3) is 0.833. The van der Waals surface area contributed by atoms with E-state index in [1.54, 1.807) is 0 Å². The molecule has 0 spiro atoms. The Balaban J connectivity index is 2.05. The quantitative estimate of drug-likeness (QED) is 0.679. The van der Waals surface area contributed by atoms with Gasteiger partial charge in [-0.1, -0.05) is 12.8 Å². The van der Waals surface area contributed by atoms with Gasteiger partial charge in [-0.05, 0) is 12.8 Å². The molecule has 5 nitrogen and oxygen atoms in total. The maximum Gasteiger partial charge on any atom is 0.323 e. The smallest absolute Gasteiger partial charge is 0.323 e. The Kier molecular flexibility index (Phi) is 3.99. The van der Waals surface area contributed by atoms with Crippen LogP contribution in [0.3, 0.4) is 0 Å². The molecule has 1 saturated heterocycles. The zero-order chi connectivity index (χ0) is 12.3. The van der Waals surface area contributed by atoms with Crippen molar-refractivity contribution >= 4 is 11.9 Å². The second-order valence-electron chi connectivity index (χ2n) is 4.66. The molecule has 1 saturated carbocycles. The van der Waals surface area contributed by atoms with Crippen LogP contribution < -0.4 is 0 Å². The third-order valence-electron chi connectivity index (χ3n) is 3.64. The number of carbonyl (C=O) groups excluding carboxylic acids is 2. The minimum atomic E-state index is -0.281. The molecule has 2 aliphatic rings. The predicted octanol–water partition coefficient (Wildman–Crippen LogP) is 0.719. The maximum atomic E-state index is 11.6. The summed E-state index contributed by atoms with van der Waals surface area (Å²) in [5.41, 5.74) is 0. The van der Waals surface area contributed by atoms with Crippen LogP contribution in [0.5, 0.6) is 0 Å². The number of rotatable bonds is 4. The minimum absolute atomic E-state index is 0.194. The van der Waals surface area contributed by atoms with Gasteiger partial charge in [-0.3, -0.25) is 14.5 Å². The molecule has 1 atom stereocenters. The Hall–Kier alpha value is -1.10. The van der Waals surface area contributed by atoms with Crippen LogP contribution in [0.15, 0.2) is 0 Å². The molecule has 0 N–H and O–H groups in total. The van der Waals surface area contributed by atoms with Gasteiger partial charge in [-0.15, -0.1) is 0 Å². The van der Waals surface area contributed by atoms with Gasteiger partial charge in [0.15, 0.2) is 0 Å². The van der Waals surface area contributed by atoms with E-state index in [1.165, 1.54) is 20.0 Å². The molecule has 0 aromatic carbocycles. The van der Waals surface area contributed by atoms with Crippen LogP contribution in [0.2, 0.25) is 0 Å². The van der Waals surface area contributed by atoms with Crippen molar-refractivity contribution < 1.29 is 19.1 Å². The molecule has 0 aromatic rings. The second-order valence-corrected chi connectivity index (χ2v) is 4.66. The van der Waals surface area contributed by atoms with E-state index in [1.807, 2.05) is 4.90 Å². The summed E-state index contributed by atoms with van der Waals surface area (Å²) in [5, 5.41) is 0. The van der Waals surface area contributed by atoms with Gasteiger partial charge in [0, 0.05) is 12.5 Å². The average Bonchev–Trinajstić information content (AvgIpc) is 2.97. The topological polar surface area (TPSA) is 55.8 Å². The van der Waals surface area contributed by atoms with E-state index in [4.69, 9.17) is 9.47 Å². The van der Waals surface area contributed by atoms with Crippen LogP contribution in [0, 0.1) is 0 Å². The van der Waals surface area contributed by atoms with Gasteiger partial charge in [-0.25, -0.2) is 0 Å². The van der Waals surface area contributed by atoms with Crippen LogP contribution in [-0.4, -0.2) is 49.2 Å². The molecule has 1 aliphatic carbocycles. The van der Waals surface area contributed by atoms with E-state index in [2.05, 4.69) is 0 Å². The molecule has 2 rings (SSSR count). The van der Waals surface area contributed by atoms with E-state index < -0.39 is 0 Å². The molecule has 5 heteroatoms. The summed E-state index contributed by atoms with van der Waals surface area (Å²) in [5.74, 6) is -0.475. The Labute approximate surface area is 101 Å². The van der Waals surface area contributed by atoms with Gasteiger partial charge in [0.2, 0.25) is 0 Å². The highest BCUT2D eigenvalue weighted by Crippen LogP contribution is 2.27. The molecule has 0 amide bonds. The molecule has 1 heterocycles. The third kappa shape index (κ3) is 2.77. The van der Waals surface area contributed by atoms with Gasteiger partial charge in [0.05, 0.1) is 20.3 Å². The van der Waals surface area contributed by atoms with Crippen molar-refractivity contribution in [1.29, 1.82) is 0 Å². The van der Waals surface area contributed by atoms with Crippen LogP contribution in [0.4, 0.5) is 0 Å². The molecule has 0 bridgehead atoms. The van der Waals surface area contributed by atoms with Crippen LogP contribution >= 0.6 is 0 Å². The van der Waals surface area contributed by atoms with Crippen molar-refractivity contribution in [3.8, 4) is 0 Å². The van der Waals surface area contributed by atoms with E-state index in [-0.39, 0.29) is 24.5 Å². The molecular formula is C12H19NO4. The van der Waals surface area contributed by atoms with E-state index >= 15 is 0 Å². The average molecular weight is 241 g/mol. The van der Waals surface area contributed by atoms with Crippen molar-refractivity contribution in [1.82, 2.24) is 4.90 Å². The number of cyclic esters (lactones) is 1. The molecule has 0 aromatic heterocycles. The van der Waals surface area contributed by atoms with Crippen LogP contribution in [-0.2, 0) is 19.1 Å². The van der Waals surface area contributed by atoms with E-state index in [0.29, 0.717) is 19.1 Å². The van der Waals surface area contributed by atoms with Crippen molar-refractivity contribution in [3.05, 3.63) is 0 Å². The maximum absolute atomic E-state index is 11.6. The summed E-state index contributed by atoms with van der Waals surface area (Å²) in [6.45, 7) is 0.662. The summed E-state index contributed by atoms with van der Waals surface area (Å²) in [7, 11) is 1.38. The fourth-order valence-electron chi connectivity index (χ4n) is 2.73. The lowest BCUT2D eigenvalue weighted by Crippen LogP contribution is -2.47. The van der Waals surface area contributed by atoms with Gasteiger partial charge in [0.25, 0.3) is 0 Å². The number of ether oxygens (including phenoxy) is 2. The molecule has 1 aliphatic heterocycles. The molecule has 1 unspecified atom stereocenters. The summed E-state index contributed by atoms with van der Waals surface area (Å²) in [6, 6.07) is 0.0712. The monoisotopic (exact) mass is 241 g/mol. The highest BCUT2D eigenvalue weighted by atomic mass is 16.5. The Morgan fingerprint density at radius 2 is 2.12 bits per heavy atom. The van der Waals surface area contributed by atoms with Crippen molar-refractivity contribution in [2.45, 2.75) is 44.2 Å².